The molecule has 0 fully saturated rings. The second-order valence-electron chi connectivity index (χ2n) is 11.4. The number of benzene rings is 3. The van der Waals surface area contributed by atoms with Gasteiger partial charge in [0.25, 0.3) is 0 Å². The van der Waals surface area contributed by atoms with Crippen LogP contribution in [0, 0.1) is 12.3 Å². The van der Waals surface area contributed by atoms with E-state index >= 15 is 0 Å². The van der Waals surface area contributed by atoms with Gasteiger partial charge in [-0.2, -0.15) is 0 Å². The molecule has 12 heteroatoms. The lowest BCUT2D eigenvalue weighted by atomic mass is 9.85. The Morgan fingerprint density at radius 1 is 0.800 bits per heavy atom. The number of nitrogens with one attached hydrogen (secondary N) is 4. The van der Waals surface area contributed by atoms with Crippen LogP contribution in [0.1, 0.15) is 55.8 Å². The number of urea groups is 1. The van der Waals surface area contributed by atoms with Gasteiger partial charge >= 0.3 is 18.0 Å². The third-order valence-electron chi connectivity index (χ3n) is 6.85. The number of methoxy groups -OCH3 is 1. The number of hydrogen-bond donors (Lipinski definition) is 6. The topological polar surface area (TPSA) is 183 Å². The number of carboxylic acids is 2. The van der Waals surface area contributed by atoms with E-state index in [1.54, 1.807) is 62.4 Å². The molecule has 45 heavy (non-hydrogen) atoms. The van der Waals surface area contributed by atoms with Gasteiger partial charge in [0.2, 0.25) is 11.8 Å². The van der Waals surface area contributed by atoms with E-state index < -0.39 is 35.3 Å². The summed E-state index contributed by atoms with van der Waals surface area (Å²) in [5.41, 5.74) is 2.82. The number of amides is 4. The Bertz CT molecular complexity index is 1550. The predicted molar refractivity (Wildman–Crippen MR) is 169 cm³/mol. The first-order valence-corrected chi connectivity index (χ1v) is 14.2. The fraction of sp³-hybridized carbons (Fsp3) is 0.303. The van der Waals surface area contributed by atoms with Gasteiger partial charge in [-0.25, -0.2) is 4.79 Å². The van der Waals surface area contributed by atoms with Crippen LogP contribution in [0.5, 0.6) is 5.75 Å². The van der Waals surface area contributed by atoms with Gasteiger partial charge in [0.1, 0.15) is 5.75 Å². The van der Waals surface area contributed by atoms with Crippen molar-refractivity contribution < 1.29 is 38.9 Å². The van der Waals surface area contributed by atoms with Crippen molar-refractivity contribution in [2.24, 2.45) is 5.41 Å². The molecule has 0 heterocycles. The lowest BCUT2D eigenvalue weighted by molar-refractivity contribution is -0.139. The molecule has 0 bridgehead atoms. The van der Waals surface area contributed by atoms with E-state index in [0.717, 1.165) is 5.56 Å². The molecule has 0 aliphatic carbocycles. The summed E-state index contributed by atoms with van der Waals surface area (Å²) >= 11 is 0. The summed E-state index contributed by atoms with van der Waals surface area (Å²) in [6.45, 7) is 5.19. The maximum atomic E-state index is 12.8. The molecule has 3 aromatic rings. The molecule has 3 rings (SSSR count). The van der Waals surface area contributed by atoms with Crippen LogP contribution in [0.25, 0.3) is 0 Å². The average molecular weight is 619 g/mol. The molecule has 1 atom stereocenters. The van der Waals surface area contributed by atoms with Gasteiger partial charge in [-0.15, -0.1) is 0 Å². The molecular weight excluding hydrogens is 580 g/mol. The van der Waals surface area contributed by atoms with Crippen LogP contribution >= 0.6 is 0 Å². The Morgan fingerprint density at radius 3 is 2.09 bits per heavy atom. The number of carboxylic acid groups (broad SMARTS) is 2. The van der Waals surface area contributed by atoms with E-state index in [0.29, 0.717) is 33.9 Å². The van der Waals surface area contributed by atoms with Crippen LogP contribution in [0.2, 0.25) is 0 Å². The Balaban J connectivity index is 1.61. The van der Waals surface area contributed by atoms with E-state index in [1.165, 1.54) is 7.11 Å². The number of ether oxygens (including phenoxy) is 1. The summed E-state index contributed by atoms with van der Waals surface area (Å²) in [6.07, 6.45) is -0.668. The lowest BCUT2D eigenvalue weighted by Gasteiger charge is -2.24. The molecule has 1 unspecified atom stereocenters. The van der Waals surface area contributed by atoms with Crippen LogP contribution in [0.15, 0.2) is 66.7 Å². The van der Waals surface area contributed by atoms with E-state index in [1.807, 2.05) is 25.1 Å². The molecule has 0 saturated carbocycles. The van der Waals surface area contributed by atoms with Crippen molar-refractivity contribution in [2.45, 2.75) is 52.5 Å². The number of hydrogen-bond acceptors (Lipinski definition) is 6. The number of carbonyl (C=O) groups excluding carboxylic acids is 3. The molecule has 12 nitrogen and oxygen atoms in total. The van der Waals surface area contributed by atoms with Crippen LogP contribution in [-0.4, -0.2) is 47.1 Å². The van der Waals surface area contributed by atoms with Crippen molar-refractivity contribution in [1.29, 1.82) is 0 Å². The Morgan fingerprint density at radius 2 is 1.47 bits per heavy atom. The minimum absolute atomic E-state index is 0.0115. The van der Waals surface area contributed by atoms with Crippen molar-refractivity contribution in [3.05, 3.63) is 83.4 Å². The molecule has 3 aromatic carbocycles. The first-order chi connectivity index (χ1) is 21.2. The highest BCUT2D eigenvalue weighted by atomic mass is 16.5. The lowest BCUT2D eigenvalue weighted by Crippen LogP contribution is -2.34. The Kier molecular flexibility index (Phi) is 11.6. The zero-order valence-corrected chi connectivity index (χ0v) is 25.6. The van der Waals surface area contributed by atoms with Gasteiger partial charge in [0, 0.05) is 17.8 Å². The number of aryl methyl sites for hydroxylation is 1. The normalized spacial score (nSPS) is 11.6. The van der Waals surface area contributed by atoms with Crippen molar-refractivity contribution in [3.63, 3.8) is 0 Å². The minimum Gasteiger partial charge on any atom is -0.495 e. The molecular formula is C33H38N4O8. The highest BCUT2D eigenvalue weighted by Crippen LogP contribution is 2.28. The standard InChI is InChI=1S/C33H38N4O8/c1-20-7-5-6-8-24(20)36-32(44)37-25-14-9-21(15-27(25)45-4)16-28(38)34-23-12-10-22(11-13-23)26(17-30(40)41)35-29(39)18-33(2,3)19-31(42)43/h5-15,26H,16-19H2,1-4H3,(H,34,38)(H,35,39)(H,40,41)(H,42,43)(H2,36,37,44). The molecule has 0 spiro atoms. The van der Waals surface area contributed by atoms with Crippen molar-refractivity contribution in [1.82, 2.24) is 5.32 Å². The second kappa shape index (κ2) is 15.4. The third-order valence-corrected chi connectivity index (χ3v) is 6.85. The van der Waals surface area contributed by atoms with E-state index in [4.69, 9.17) is 9.84 Å². The van der Waals surface area contributed by atoms with Gasteiger partial charge in [-0.3, -0.25) is 19.2 Å². The van der Waals surface area contributed by atoms with Gasteiger partial charge in [0.15, 0.2) is 0 Å². The molecule has 6 N–H and O–H groups in total. The van der Waals surface area contributed by atoms with Crippen LogP contribution in [0.4, 0.5) is 21.9 Å². The maximum absolute atomic E-state index is 12.8. The molecule has 0 aliphatic rings. The van der Waals surface area contributed by atoms with E-state index in [-0.39, 0.29) is 31.6 Å². The van der Waals surface area contributed by atoms with Gasteiger partial charge < -0.3 is 36.2 Å². The quantitative estimate of drug-likeness (QED) is 0.140. The summed E-state index contributed by atoms with van der Waals surface area (Å²) in [5, 5.41) is 29.4. The van der Waals surface area contributed by atoms with E-state index in [2.05, 4.69) is 21.3 Å². The number of aliphatic carboxylic acids is 2. The fourth-order valence-electron chi connectivity index (χ4n) is 4.71. The second-order valence-corrected chi connectivity index (χ2v) is 11.4. The molecule has 0 aliphatic heterocycles. The number of carbonyl (C=O) groups is 5. The zero-order valence-electron chi connectivity index (χ0n) is 25.6. The monoisotopic (exact) mass is 618 g/mol. The van der Waals surface area contributed by atoms with Gasteiger partial charge in [0.05, 0.1) is 38.1 Å². The van der Waals surface area contributed by atoms with Crippen molar-refractivity contribution in [3.8, 4) is 5.75 Å². The Hall–Kier alpha value is -5.39. The third kappa shape index (κ3) is 11.0. The van der Waals surface area contributed by atoms with Crippen LogP contribution in [0.3, 0.4) is 0 Å². The molecule has 0 radical (unpaired) electrons. The largest absolute Gasteiger partial charge is 0.495 e. The SMILES string of the molecule is COc1cc(CC(=O)Nc2ccc(C(CC(=O)O)NC(=O)CC(C)(C)CC(=O)O)cc2)ccc1NC(=O)Nc1ccccc1C. The van der Waals surface area contributed by atoms with Gasteiger partial charge in [-0.05, 0) is 59.4 Å². The fourth-order valence-corrected chi connectivity index (χ4v) is 4.71. The number of rotatable bonds is 14. The highest BCUT2D eigenvalue weighted by molar-refractivity contribution is 6.01. The summed E-state index contributed by atoms with van der Waals surface area (Å²) in [5.74, 6) is -2.56. The van der Waals surface area contributed by atoms with Crippen LogP contribution < -0.4 is 26.0 Å². The summed E-state index contributed by atoms with van der Waals surface area (Å²) in [7, 11) is 1.46. The first kappa shape index (κ1) is 34.1. The molecule has 238 valence electrons. The van der Waals surface area contributed by atoms with Crippen LogP contribution in [-0.2, 0) is 25.6 Å². The van der Waals surface area contributed by atoms with Crippen molar-refractivity contribution >= 4 is 46.8 Å². The average Bonchev–Trinajstić information content (AvgIpc) is 2.93. The molecule has 0 aromatic heterocycles. The predicted octanol–water partition coefficient (Wildman–Crippen LogP) is 5.35. The summed E-state index contributed by atoms with van der Waals surface area (Å²) < 4.78 is 5.42. The first-order valence-electron chi connectivity index (χ1n) is 14.2. The maximum Gasteiger partial charge on any atom is 0.323 e. The van der Waals surface area contributed by atoms with Crippen molar-refractivity contribution in [2.75, 3.05) is 23.1 Å². The van der Waals surface area contributed by atoms with E-state index in [9.17, 15) is 29.1 Å². The number of para-hydroxylation sites is 1. The Labute approximate surface area is 261 Å². The zero-order chi connectivity index (χ0) is 33.1. The molecule has 0 saturated heterocycles. The van der Waals surface area contributed by atoms with Gasteiger partial charge in [-0.1, -0.05) is 50.2 Å². The highest BCUT2D eigenvalue weighted by Gasteiger charge is 2.27. The number of anilines is 3. The summed E-state index contributed by atoms with van der Waals surface area (Å²) in [6, 6.07) is 17.5. The smallest absolute Gasteiger partial charge is 0.323 e. The molecule has 4 amide bonds. The minimum atomic E-state index is -1.12. The summed E-state index contributed by atoms with van der Waals surface area (Å²) in [4.78, 5) is 60.5.